The monoisotopic (exact) mass is 184 g/mol. The van der Waals surface area contributed by atoms with Crippen LogP contribution >= 0.6 is 0 Å². The van der Waals surface area contributed by atoms with Crippen LogP contribution in [-0.4, -0.2) is 19.9 Å². The molecule has 1 aliphatic carbocycles. The smallest absolute Gasteiger partial charge is 0.150 e. The summed E-state index contributed by atoms with van der Waals surface area (Å²) < 4.78 is 22.3. The fourth-order valence-electron chi connectivity index (χ4n) is 2.04. The summed E-state index contributed by atoms with van der Waals surface area (Å²) in [4.78, 5) is 0. The summed E-state index contributed by atoms with van der Waals surface area (Å²) >= 11 is 0. The van der Waals surface area contributed by atoms with Gasteiger partial charge >= 0.3 is 0 Å². The molecule has 2 nitrogen and oxygen atoms in total. The third-order valence-corrected chi connectivity index (χ3v) is 4.86. The zero-order valence-corrected chi connectivity index (χ0v) is 7.73. The average Bonchev–Trinajstić information content (AvgIpc) is 2.72. The van der Waals surface area contributed by atoms with Gasteiger partial charge in [0.2, 0.25) is 0 Å². The quantitative estimate of drug-likeness (QED) is 0.566. The molecular weight excluding hydrogens is 172 g/mol. The molecule has 1 saturated carbocycles. The molecule has 1 unspecified atom stereocenters. The van der Waals surface area contributed by atoms with E-state index in [9.17, 15) is 8.42 Å². The van der Waals surface area contributed by atoms with Gasteiger partial charge in [0.1, 0.15) is 0 Å². The Labute approximate surface area is 73.3 Å². The first-order chi connectivity index (χ1) is 5.58. The number of hydrogen-bond donors (Lipinski definition) is 0. The van der Waals surface area contributed by atoms with Crippen LogP contribution in [0.2, 0.25) is 0 Å². The van der Waals surface area contributed by atoms with Crippen molar-refractivity contribution in [2.24, 2.45) is 11.3 Å². The summed E-state index contributed by atoms with van der Waals surface area (Å²) in [6.07, 6.45) is 8.24. The van der Waals surface area contributed by atoms with Gasteiger partial charge in [-0.15, -0.1) is 6.42 Å². The van der Waals surface area contributed by atoms with Gasteiger partial charge in [0.15, 0.2) is 9.84 Å². The predicted octanol–water partition coefficient (Wildman–Crippen LogP) is 0.835. The maximum atomic E-state index is 11.2. The van der Waals surface area contributed by atoms with Crippen molar-refractivity contribution in [3.05, 3.63) is 0 Å². The molecule has 1 heterocycles. The Kier molecular flexibility index (Phi) is 1.53. The molecule has 0 amide bonds. The molecule has 2 fully saturated rings. The second kappa shape index (κ2) is 2.26. The SMILES string of the molecule is C#CC1(C2CCS(=O)(=O)C2)CC1. The first kappa shape index (κ1) is 8.12. The van der Waals surface area contributed by atoms with Crippen LogP contribution in [0.15, 0.2) is 0 Å². The van der Waals surface area contributed by atoms with Gasteiger partial charge in [0.05, 0.1) is 11.5 Å². The molecule has 0 aromatic heterocycles. The van der Waals surface area contributed by atoms with E-state index in [1.54, 1.807) is 0 Å². The summed E-state index contributed by atoms with van der Waals surface area (Å²) in [5.74, 6) is 3.70. The van der Waals surface area contributed by atoms with Gasteiger partial charge in [-0.1, -0.05) is 5.92 Å². The first-order valence-electron chi connectivity index (χ1n) is 4.26. The molecule has 1 aliphatic heterocycles. The standard InChI is InChI=1S/C9H12O2S/c1-2-9(4-5-9)8-3-6-12(10,11)7-8/h1,8H,3-7H2. The van der Waals surface area contributed by atoms with Gasteiger partial charge in [-0.05, 0) is 25.2 Å². The van der Waals surface area contributed by atoms with E-state index in [2.05, 4.69) is 5.92 Å². The van der Waals surface area contributed by atoms with Crippen LogP contribution in [0, 0.1) is 23.7 Å². The predicted molar refractivity (Wildman–Crippen MR) is 47.3 cm³/mol. The summed E-state index contributed by atoms with van der Waals surface area (Å²) in [7, 11) is -2.74. The van der Waals surface area contributed by atoms with Crippen LogP contribution in [0.25, 0.3) is 0 Å². The van der Waals surface area contributed by atoms with E-state index in [0.29, 0.717) is 11.5 Å². The lowest BCUT2D eigenvalue weighted by molar-refractivity contribution is 0.433. The van der Waals surface area contributed by atoms with Gasteiger partial charge in [-0.3, -0.25) is 0 Å². The van der Waals surface area contributed by atoms with Crippen LogP contribution in [0.3, 0.4) is 0 Å². The van der Waals surface area contributed by atoms with Gasteiger partial charge in [0, 0.05) is 5.41 Å². The second-order valence-corrected chi connectivity index (χ2v) is 6.13. The summed E-state index contributed by atoms with van der Waals surface area (Å²) in [5, 5.41) is 0. The molecule has 0 radical (unpaired) electrons. The average molecular weight is 184 g/mol. The Morgan fingerprint density at radius 2 is 2.08 bits per heavy atom. The third kappa shape index (κ3) is 1.15. The molecule has 0 spiro atoms. The van der Waals surface area contributed by atoms with Gasteiger partial charge in [-0.2, -0.15) is 0 Å². The van der Waals surface area contributed by atoms with Crippen molar-refractivity contribution < 1.29 is 8.42 Å². The topological polar surface area (TPSA) is 34.1 Å². The van der Waals surface area contributed by atoms with E-state index >= 15 is 0 Å². The van der Waals surface area contributed by atoms with E-state index in [1.165, 1.54) is 0 Å². The Hall–Kier alpha value is -0.490. The number of terminal acetylenes is 1. The Balaban J connectivity index is 2.16. The molecule has 0 N–H and O–H groups in total. The van der Waals surface area contributed by atoms with Crippen molar-refractivity contribution in [1.29, 1.82) is 0 Å². The van der Waals surface area contributed by atoms with Crippen LogP contribution in [-0.2, 0) is 9.84 Å². The molecule has 3 heteroatoms. The minimum Gasteiger partial charge on any atom is -0.229 e. The van der Waals surface area contributed by atoms with E-state index in [4.69, 9.17) is 6.42 Å². The van der Waals surface area contributed by atoms with Gasteiger partial charge in [-0.25, -0.2) is 8.42 Å². The van der Waals surface area contributed by atoms with Crippen molar-refractivity contribution in [1.82, 2.24) is 0 Å². The molecule has 1 saturated heterocycles. The van der Waals surface area contributed by atoms with Crippen molar-refractivity contribution in [2.45, 2.75) is 19.3 Å². The lowest BCUT2D eigenvalue weighted by Gasteiger charge is -2.13. The first-order valence-corrected chi connectivity index (χ1v) is 6.08. The second-order valence-electron chi connectivity index (χ2n) is 3.90. The zero-order chi connectivity index (χ0) is 8.82. The molecule has 0 aromatic rings. The minimum absolute atomic E-state index is 0.0242. The lowest BCUT2D eigenvalue weighted by atomic mass is 9.89. The fraction of sp³-hybridized carbons (Fsp3) is 0.778. The van der Waals surface area contributed by atoms with Crippen molar-refractivity contribution >= 4 is 9.84 Å². The van der Waals surface area contributed by atoms with E-state index in [1.807, 2.05) is 0 Å². The molecule has 2 rings (SSSR count). The number of hydrogen-bond acceptors (Lipinski definition) is 2. The van der Waals surface area contributed by atoms with Crippen molar-refractivity contribution in [2.75, 3.05) is 11.5 Å². The van der Waals surface area contributed by atoms with E-state index in [-0.39, 0.29) is 11.3 Å². The highest BCUT2D eigenvalue weighted by Crippen LogP contribution is 2.54. The molecule has 2 aliphatic rings. The highest BCUT2D eigenvalue weighted by molar-refractivity contribution is 7.91. The highest BCUT2D eigenvalue weighted by Gasteiger charge is 2.51. The number of rotatable bonds is 1. The van der Waals surface area contributed by atoms with Crippen molar-refractivity contribution in [3.63, 3.8) is 0 Å². The zero-order valence-electron chi connectivity index (χ0n) is 6.91. The van der Waals surface area contributed by atoms with Crippen LogP contribution < -0.4 is 0 Å². The highest BCUT2D eigenvalue weighted by atomic mass is 32.2. The summed E-state index contributed by atoms with van der Waals surface area (Å²) in [6.45, 7) is 0. The minimum atomic E-state index is -2.74. The van der Waals surface area contributed by atoms with Crippen LogP contribution in [0.4, 0.5) is 0 Å². The molecule has 66 valence electrons. The normalized spacial score (nSPS) is 35.8. The van der Waals surface area contributed by atoms with Crippen LogP contribution in [0.5, 0.6) is 0 Å². The molecule has 1 atom stereocenters. The van der Waals surface area contributed by atoms with Crippen molar-refractivity contribution in [3.8, 4) is 12.3 Å². The largest absolute Gasteiger partial charge is 0.229 e. The Morgan fingerprint density at radius 1 is 1.42 bits per heavy atom. The Morgan fingerprint density at radius 3 is 2.42 bits per heavy atom. The lowest BCUT2D eigenvalue weighted by Crippen LogP contribution is -2.15. The maximum absolute atomic E-state index is 11.2. The molecular formula is C9H12O2S. The number of sulfone groups is 1. The van der Waals surface area contributed by atoms with E-state index < -0.39 is 9.84 Å². The summed E-state index contributed by atoms with van der Waals surface area (Å²) in [5.41, 5.74) is -0.0242. The fourth-order valence-corrected chi connectivity index (χ4v) is 3.94. The molecule has 0 bridgehead atoms. The maximum Gasteiger partial charge on any atom is 0.150 e. The van der Waals surface area contributed by atoms with E-state index in [0.717, 1.165) is 19.3 Å². The van der Waals surface area contributed by atoms with Gasteiger partial charge < -0.3 is 0 Å². The van der Waals surface area contributed by atoms with Gasteiger partial charge in [0.25, 0.3) is 0 Å². The molecule has 12 heavy (non-hydrogen) atoms. The Bertz CT molecular complexity index is 330. The summed E-state index contributed by atoms with van der Waals surface area (Å²) in [6, 6.07) is 0. The van der Waals surface area contributed by atoms with Crippen LogP contribution in [0.1, 0.15) is 19.3 Å². The third-order valence-electron chi connectivity index (χ3n) is 3.09. The molecule has 0 aromatic carbocycles.